The molecule has 4 heterocycles. The number of rotatable bonds is 7. The lowest BCUT2D eigenvalue weighted by Crippen LogP contribution is -2.41. The maximum Gasteiger partial charge on any atom is 0.323 e. The molecular weight excluding hydrogens is 536 g/mol. The molecule has 0 bridgehead atoms. The molecule has 2 fully saturated rings. The van der Waals surface area contributed by atoms with Crippen LogP contribution in [-0.2, 0) is 9.53 Å². The van der Waals surface area contributed by atoms with Crippen LogP contribution in [0.4, 0.5) is 22.0 Å². The Kier molecular flexibility index (Phi) is 7.97. The summed E-state index contributed by atoms with van der Waals surface area (Å²) < 4.78 is 7.77. The van der Waals surface area contributed by atoms with Crippen LogP contribution in [0, 0.1) is 0 Å². The number of carbonyl (C=O) groups excluding carboxylic acids is 1. The lowest BCUT2D eigenvalue weighted by Gasteiger charge is -2.33. The molecule has 2 aromatic carbocycles. The summed E-state index contributed by atoms with van der Waals surface area (Å²) in [5.41, 5.74) is 2.93. The molecule has 1 atom stereocenters. The first-order chi connectivity index (χ1) is 20.4. The topological polar surface area (TPSA) is 138 Å². The van der Waals surface area contributed by atoms with Crippen LogP contribution in [0.25, 0.3) is 22.4 Å². The number of benzene rings is 2. The number of carbonyl (C=O) groups is 2. The molecule has 12 heteroatoms. The van der Waals surface area contributed by atoms with Crippen LogP contribution in [0.2, 0.25) is 0 Å². The molecule has 0 spiro atoms. The second-order valence-electron chi connectivity index (χ2n) is 10.7. The Balaban J connectivity index is 1.28. The Hall–Kier alpha value is -4.55. The van der Waals surface area contributed by atoms with Gasteiger partial charge >= 0.3 is 12.0 Å². The molecule has 2 saturated heterocycles. The highest BCUT2D eigenvalue weighted by atomic mass is 16.5. The van der Waals surface area contributed by atoms with Gasteiger partial charge in [-0.1, -0.05) is 18.2 Å². The van der Waals surface area contributed by atoms with Crippen LogP contribution in [0.15, 0.2) is 60.8 Å². The number of nitrogens with zero attached hydrogens (tertiary/aromatic N) is 6. The standard InChI is InChI=1S/C30H34N8O4/c1-20-18-37(15-16-42-20)28-25-17-31-38(24-11-13-36(14-12-24)19-26(39)40)29(25)35-27(34-28)21-7-9-23(10-8-21)33-30(41)32-22-5-3-2-4-6-22/h2-10,17,20,24H,11-16,18-19H2,1H3,(H,39,40)(H2,32,33,41). The SMILES string of the molecule is CC1CN(c2nc(-c3ccc(NC(=O)Nc4ccccc4)cc3)nc3c2cnn3C2CCN(CC(=O)O)CC2)CCO1. The number of amides is 2. The summed E-state index contributed by atoms with van der Waals surface area (Å²) in [6.45, 7) is 5.53. The van der Waals surface area contributed by atoms with Gasteiger partial charge < -0.3 is 25.4 Å². The van der Waals surface area contributed by atoms with E-state index >= 15 is 0 Å². The molecule has 4 aromatic rings. The molecule has 2 amide bonds. The van der Waals surface area contributed by atoms with Crippen molar-refractivity contribution in [3.63, 3.8) is 0 Å². The highest BCUT2D eigenvalue weighted by molar-refractivity contribution is 5.99. The lowest BCUT2D eigenvalue weighted by atomic mass is 10.1. The first-order valence-electron chi connectivity index (χ1n) is 14.2. The average molecular weight is 571 g/mol. The molecule has 2 aliphatic heterocycles. The van der Waals surface area contributed by atoms with E-state index in [1.54, 1.807) is 0 Å². The van der Waals surface area contributed by atoms with Gasteiger partial charge in [-0.2, -0.15) is 5.10 Å². The van der Waals surface area contributed by atoms with Gasteiger partial charge in [-0.3, -0.25) is 9.69 Å². The van der Waals surface area contributed by atoms with E-state index in [1.807, 2.05) is 70.4 Å². The average Bonchev–Trinajstić information content (AvgIpc) is 3.42. The number of carboxylic acids is 1. The van der Waals surface area contributed by atoms with E-state index in [1.165, 1.54) is 0 Å². The van der Waals surface area contributed by atoms with E-state index in [2.05, 4.69) is 22.5 Å². The van der Waals surface area contributed by atoms with Crippen LogP contribution >= 0.6 is 0 Å². The van der Waals surface area contributed by atoms with Crippen molar-refractivity contribution in [3.05, 3.63) is 60.8 Å². The molecule has 2 aromatic heterocycles. The van der Waals surface area contributed by atoms with Crippen molar-refractivity contribution in [2.45, 2.75) is 31.9 Å². The number of carboxylic acid groups (broad SMARTS) is 1. The summed E-state index contributed by atoms with van der Waals surface area (Å²) in [7, 11) is 0. The predicted octanol–water partition coefficient (Wildman–Crippen LogP) is 4.08. The fourth-order valence-corrected chi connectivity index (χ4v) is 5.59. The maximum absolute atomic E-state index is 12.5. The zero-order chi connectivity index (χ0) is 29.1. The Labute approximate surface area is 243 Å². The van der Waals surface area contributed by atoms with E-state index in [4.69, 9.17) is 19.8 Å². The number of aliphatic carboxylic acids is 1. The third-order valence-corrected chi connectivity index (χ3v) is 7.67. The fourth-order valence-electron chi connectivity index (χ4n) is 5.59. The third kappa shape index (κ3) is 6.19. The van der Waals surface area contributed by atoms with Crippen molar-refractivity contribution < 1.29 is 19.4 Å². The number of likely N-dealkylation sites (tertiary alicyclic amines) is 1. The van der Waals surface area contributed by atoms with Crippen LogP contribution in [0.1, 0.15) is 25.8 Å². The molecule has 0 saturated carbocycles. The largest absolute Gasteiger partial charge is 0.480 e. The second-order valence-corrected chi connectivity index (χ2v) is 10.7. The minimum absolute atomic E-state index is 0.0526. The molecule has 218 valence electrons. The van der Waals surface area contributed by atoms with Crippen LogP contribution in [-0.4, -0.2) is 87.2 Å². The summed E-state index contributed by atoms with van der Waals surface area (Å²) in [5, 5.41) is 20.5. The molecule has 12 nitrogen and oxygen atoms in total. The number of anilines is 3. The normalized spacial score (nSPS) is 18.2. The maximum atomic E-state index is 12.5. The zero-order valence-corrected chi connectivity index (χ0v) is 23.4. The first-order valence-corrected chi connectivity index (χ1v) is 14.2. The summed E-state index contributed by atoms with van der Waals surface area (Å²) in [4.78, 5) is 37.8. The second kappa shape index (κ2) is 12.1. The molecule has 2 aliphatic rings. The van der Waals surface area contributed by atoms with Gasteiger partial charge in [0.2, 0.25) is 0 Å². The van der Waals surface area contributed by atoms with Crippen LogP contribution in [0.3, 0.4) is 0 Å². The van der Waals surface area contributed by atoms with Crippen molar-refractivity contribution in [2.24, 2.45) is 0 Å². The van der Waals surface area contributed by atoms with E-state index in [0.29, 0.717) is 50.0 Å². The smallest absolute Gasteiger partial charge is 0.323 e. The summed E-state index contributed by atoms with van der Waals surface area (Å²) in [6.07, 6.45) is 3.50. The molecular formula is C30H34N8O4. The van der Waals surface area contributed by atoms with Crippen molar-refractivity contribution in [1.82, 2.24) is 24.6 Å². The highest BCUT2D eigenvalue weighted by Gasteiger charge is 2.27. The Morgan fingerprint density at radius 1 is 0.976 bits per heavy atom. The lowest BCUT2D eigenvalue weighted by molar-refractivity contribution is -0.138. The Morgan fingerprint density at radius 3 is 2.38 bits per heavy atom. The van der Waals surface area contributed by atoms with Crippen molar-refractivity contribution in [3.8, 4) is 11.4 Å². The number of para-hydroxylation sites is 1. The van der Waals surface area contributed by atoms with E-state index < -0.39 is 5.97 Å². The Bertz CT molecular complexity index is 1550. The van der Waals surface area contributed by atoms with E-state index in [-0.39, 0.29) is 24.7 Å². The summed E-state index contributed by atoms with van der Waals surface area (Å²) in [5.74, 6) is 0.587. The van der Waals surface area contributed by atoms with E-state index in [9.17, 15) is 14.7 Å². The number of piperidine rings is 1. The number of hydrogen-bond donors (Lipinski definition) is 3. The number of hydrogen-bond acceptors (Lipinski definition) is 8. The van der Waals surface area contributed by atoms with E-state index in [0.717, 1.165) is 35.3 Å². The van der Waals surface area contributed by atoms with Crippen molar-refractivity contribution in [1.29, 1.82) is 0 Å². The van der Waals surface area contributed by atoms with Crippen LogP contribution < -0.4 is 15.5 Å². The molecule has 42 heavy (non-hydrogen) atoms. The van der Waals surface area contributed by atoms with Gasteiger partial charge in [0.05, 0.1) is 36.9 Å². The zero-order valence-electron chi connectivity index (χ0n) is 23.4. The molecule has 0 aliphatic carbocycles. The Morgan fingerprint density at radius 2 is 1.69 bits per heavy atom. The molecule has 0 radical (unpaired) electrons. The molecule has 3 N–H and O–H groups in total. The van der Waals surface area contributed by atoms with Gasteiger partial charge in [-0.05, 0) is 56.2 Å². The quantitative estimate of drug-likeness (QED) is 0.300. The van der Waals surface area contributed by atoms with Crippen molar-refractivity contribution >= 4 is 40.2 Å². The van der Waals surface area contributed by atoms with Gasteiger partial charge in [-0.25, -0.2) is 19.4 Å². The number of fused-ring (bicyclic) bond motifs is 1. The number of aromatic nitrogens is 4. The van der Waals surface area contributed by atoms with Crippen molar-refractivity contribution in [2.75, 3.05) is 54.9 Å². The van der Waals surface area contributed by atoms with Gasteiger partial charge in [0.25, 0.3) is 0 Å². The minimum Gasteiger partial charge on any atom is -0.480 e. The predicted molar refractivity (Wildman–Crippen MR) is 160 cm³/mol. The first kappa shape index (κ1) is 27.6. The summed E-state index contributed by atoms with van der Waals surface area (Å²) >= 11 is 0. The minimum atomic E-state index is -0.808. The monoisotopic (exact) mass is 570 g/mol. The molecule has 6 rings (SSSR count). The highest BCUT2D eigenvalue weighted by Crippen LogP contribution is 2.32. The number of nitrogens with one attached hydrogen (secondary N) is 2. The number of urea groups is 1. The van der Waals surface area contributed by atoms with Crippen LogP contribution in [0.5, 0.6) is 0 Å². The third-order valence-electron chi connectivity index (χ3n) is 7.67. The molecule has 1 unspecified atom stereocenters. The van der Waals surface area contributed by atoms with Gasteiger partial charge in [-0.15, -0.1) is 0 Å². The number of morpholine rings is 1. The van der Waals surface area contributed by atoms with Gasteiger partial charge in [0, 0.05) is 43.1 Å². The van der Waals surface area contributed by atoms with Gasteiger partial charge in [0.1, 0.15) is 5.82 Å². The fraction of sp³-hybridized carbons (Fsp3) is 0.367. The summed E-state index contributed by atoms with van der Waals surface area (Å²) in [6, 6.07) is 16.5. The van der Waals surface area contributed by atoms with Gasteiger partial charge in [0.15, 0.2) is 11.5 Å². The number of ether oxygens (including phenoxy) is 1.